The fourth-order valence-electron chi connectivity index (χ4n) is 8.57. The summed E-state index contributed by atoms with van der Waals surface area (Å²) >= 11 is 0. The Morgan fingerprint density at radius 3 is 1.40 bits per heavy atom. The molecule has 4 bridgehead atoms. The molecule has 0 aromatic heterocycles. The van der Waals surface area contributed by atoms with Crippen LogP contribution in [0.2, 0.25) is 0 Å². The van der Waals surface area contributed by atoms with Gasteiger partial charge in [0.15, 0.2) is 0 Å². The second-order valence-electron chi connectivity index (χ2n) is 10.5. The number of hydrogen-bond donors (Lipinski definition) is 0. The van der Waals surface area contributed by atoms with Crippen LogP contribution in [0, 0.1) is 21.7 Å². The van der Waals surface area contributed by atoms with Gasteiger partial charge in [-0.05, 0) is 38.5 Å². The highest BCUT2D eigenvalue weighted by atomic mass is 16.2. The average molecular weight is 406 g/mol. The van der Waals surface area contributed by atoms with E-state index in [4.69, 9.17) is 0 Å². The minimum absolute atomic E-state index is 0.0161. The Balaban J connectivity index is 1.37. The summed E-state index contributed by atoms with van der Waals surface area (Å²) in [6.07, 6.45) is 11.9. The fourth-order valence-corrected chi connectivity index (χ4v) is 8.57. The molecule has 3 aliphatic heterocycles. The van der Waals surface area contributed by atoms with Gasteiger partial charge in [-0.25, -0.2) is 0 Å². The van der Waals surface area contributed by atoms with Gasteiger partial charge in [-0.3, -0.25) is 29.0 Å². The smallest absolute Gasteiger partial charge is 0.240 e. The third-order valence-corrected chi connectivity index (χ3v) is 9.89. The first-order valence-corrected chi connectivity index (χ1v) is 11.6. The quantitative estimate of drug-likeness (QED) is 0.458. The van der Waals surface area contributed by atoms with E-state index in [-0.39, 0.29) is 23.6 Å². The molecule has 6 heteroatoms. The lowest BCUT2D eigenvalue weighted by atomic mass is 9.46. The number of nitrogens with zero attached hydrogens (tertiary/aromatic N) is 2. The SMILES string of the molecule is O=C1N2CCC3=C[C@]45CCCC[C@]34C(=O)N(CCC3=C[C@]4(CCCC[C@@]134)C2=O)C5=O. The summed E-state index contributed by atoms with van der Waals surface area (Å²) in [6, 6.07) is 0. The Bertz CT molecular complexity index is 960. The molecule has 156 valence electrons. The van der Waals surface area contributed by atoms with Crippen molar-refractivity contribution in [3.05, 3.63) is 23.3 Å². The Labute approximate surface area is 175 Å². The highest BCUT2D eigenvalue weighted by molar-refractivity contribution is 6.16. The molecule has 0 aromatic rings. The van der Waals surface area contributed by atoms with Crippen LogP contribution in [0.15, 0.2) is 23.3 Å². The van der Waals surface area contributed by atoms with Crippen molar-refractivity contribution in [1.29, 1.82) is 0 Å². The number of imide groups is 2. The molecule has 4 atom stereocenters. The lowest BCUT2D eigenvalue weighted by Gasteiger charge is -2.53. The maximum Gasteiger partial charge on any atom is 0.240 e. The first kappa shape index (κ1) is 17.4. The number of rotatable bonds is 0. The Kier molecular flexibility index (Phi) is 2.89. The second kappa shape index (κ2) is 4.97. The van der Waals surface area contributed by atoms with Gasteiger partial charge < -0.3 is 0 Å². The van der Waals surface area contributed by atoms with Crippen molar-refractivity contribution in [2.24, 2.45) is 21.7 Å². The number of fused-ring (bicyclic) bond motifs is 2. The minimum Gasteiger partial charge on any atom is -0.281 e. The molecule has 7 rings (SSSR count). The molecule has 7 aliphatic rings. The average Bonchev–Trinajstić information content (AvgIpc) is 2.97. The molecule has 4 amide bonds. The predicted octanol–water partition coefficient (Wildman–Crippen LogP) is 2.49. The van der Waals surface area contributed by atoms with E-state index in [2.05, 4.69) is 0 Å². The zero-order chi connectivity index (χ0) is 20.5. The van der Waals surface area contributed by atoms with E-state index in [1.54, 1.807) is 0 Å². The van der Waals surface area contributed by atoms with E-state index in [9.17, 15) is 19.2 Å². The topological polar surface area (TPSA) is 74.8 Å². The number of amides is 4. The molecule has 3 saturated heterocycles. The summed E-state index contributed by atoms with van der Waals surface area (Å²) in [7, 11) is 0. The van der Waals surface area contributed by atoms with Crippen molar-refractivity contribution in [2.75, 3.05) is 13.1 Å². The van der Waals surface area contributed by atoms with Gasteiger partial charge in [0.1, 0.15) is 0 Å². The molecule has 0 unspecified atom stereocenters. The third-order valence-electron chi connectivity index (χ3n) is 9.89. The maximum absolute atomic E-state index is 13.6. The molecule has 3 heterocycles. The van der Waals surface area contributed by atoms with Gasteiger partial charge in [0.05, 0.1) is 21.7 Å². The van der Waals surface area contributed by atoms with Crippen molar-refractivity contribution < 1.29 is 19.2 Å². The van der Waals surface area contributed by atoms with Crippen LogP contribution < -0.4 is 0 Å². The predicted molar refractivity (Wildman–Crippen MR) is 106 cm³/mol. The van der Waals surface area contributed by atoms with Crippen molar-refractivity contribution in [2.45, 2.75) is 64.2 Å². The number of carbonyl (C=O) groups excluding carboxylic acids is 4. The highest BCUT2D eigenvalue weighted by Gasteiger charge is 2.77. The van der Waals surface area contributed by atoms with Gasteiger partial charge in [-0.2, -0.15) is 0 Å². The molecular formula is C24H26N2O4. The van der Waals surface area contributed by atoms with Gasteiger partial charge in [0.2, 0.25) is 23.6 Å². The summed E-state index contributed by atoms with van der Waals surface area (Å²) in [5.41, 5.74) is -0.727. The van der Waals surface area contributed by atoms with Crippen LogP contribution in [-0.4, -0.2) is 46.5 Å². The van der Waals surface area contributed by atoms with Crippen LogP contribution >= 0.6 is 0 Å². The molecule has 0 N–H and O–H groups in total. The van der Waals surface area contributed by atoms with E-state index in [1.807, 2.05) is 12.2 Å². The molecule has 0 aromatic carbocycles. The summed E-state index contributed by atoms with van der Waals surface area (Å²) in [5.74, 6) is -0.0685. The zero-order valence-electron chi connectivity index (χ0n) is 17.2. The van der Waals surface area contributed by atoms with Crippen LogP contribution in [0.25, 0.3) is 0 Å². The third kappa shape index (κ3) is 1.41. The van der Waals surface area contributed by atoms with Crippen LogP contribution in [0.3, 0.4) is 0 Å². The monoisotopic (exact) mass is 406 g/mol. The fraction of sp³-hybridized carbons (Fsp3) is 0.667. The molecule has 0 radical (unpaired) electrons. The normalized spacial score (nSPS) is 46.1. The molecule has 2 saturated carbocycles. The molecule has 30 heavy (non-hydrogen) atoms. The largest absolute Gasteiger partial charge is 0.281 e. The number of carbonyl (C=O) groups is 4. The van der Waals surface area contributed by atoms with E-state index in [0.717, 1.165) is 62.5 Å². The molecular weight excluding hydrogens is 380 g/mol. The van der Waals surface area contributed by atoms with Crippen molar-refractivity contribution in [3.8, 4) is 0 Å². The van der Waals surface area contributed by atoms with Gasteiger partial charge >= 0.3 is 0 Å². The Morgan fingerprint density at radius 2 is 0.967 bits per heavy atom. The molecule has 6 nitrogen and oxygen atoms in total. The summed E-state index contributed by atoms with van der Waals surface area (Å²) in [4.78, 5) is 57.2. The second-order valence-corrected chi connectivity index (χ2v) is 10.5. The zero-order valence-corrected chi connectivity index (χ0v) is 17.2. The number of hydrogen-bond acceptors (Lipinski definition) is 4. The highest BCUT2D eigenvalue weighted by Crippen LogP contribution is 2.71. The van der Waals surface area contributed by atoms with E-state index >= 15 is 0 Å². The van der Waals surface area contributed by atoms with Gasteiger partial charge in [-0.1, -0.05) is 49.0 Å². The lowest BCUT2D eigenvalue weighted by Crippen LogP contribution is -2.55. The lowest BCUT2D eigenvalue weighted by molar-refractivity contribution is -0.142. The van der Waals surface area contributed by atoms with Crippen LogP contribution in [0.1, 0.15) is 64.2 Å². The first-order valence-electron chi connectivity index (χ1n) is 11.6. The summed E-state index contributed by atoms with van der Waals surface area (Å²) in [5, 5.41) is 0. The van der Waals surface area contributed by atoms with E-state index < -0.39 is 21.7 Å². The molecule has 5 fully saturated rings. The van der Waals surface area contributed by atoms with Gasteiger partial charge in [-0.15, -0.1) is 0 Å². The van der Waals surface area contributed by atoms with Crippen LogP contribution in [0.4, 0.5) is 0 Å². The van der Waals surface area contributed by atoms with E-state index in [0.29, 0.717) is 25.9 Å². The maximum atomic E-state index is 13.6. The molecule has 4 aliphatic carbocycles. The minimum atomic E-state index is -0.701. The van der Waals surface area contributed by atoms with Crippen molar-refractivity contribution in [3.63, 3.8) is 0 Å². The van der Waals surface area contributed by atoms with Crippen molar-refractivity contribution >= 4 is 23.6 Å². The standard InChI is InChI=1S/C24H26N2O4/c27-17-21-7-1-3-9-23(21)15(13-21)5-12-26-18(28)22-8-2-4-10-24(22,20(26)30)16(14-22)6-11-25(17)19(23)29/h13-14H,1-12H2/t21-,22+,23+,24-. The van der Waals surface area contributed by atoms with Crippen molar-refractivity contribution in [1.82, 2.24) is 9.80 Å². The Morgan fingerprint density at radius 1 is 0.567 bits per heavy atom. The molecule has 2 spiro atoms. The Hall–Kier alpha value is -2.24. The van der Waals surface area contributed by atoms with E-state index in [1.165, 1.54) is 9.80 Å². The van der Waals surface area contributed by atoms with Crippen LogP contribution in [0.5, 0.6) is 0 Å². The van der Waals surface area contributed by atoms with Gasteiger partial charge in [0.25, 0.3) is 0 Å². The summed E-state index contributed by atoms with van der Waals surface area (Å²) in [6.45, 7) is 0.681. The summed E-state index contributed by atoms with van der Waals surface area (Å²) < 4.78 is 0. The van der Waals surface area contributed by atoms with Gasteiger partial charge in [0, 0.05) is 13.1 Å². The van der Waals surface area contributed by atoms with Crippen LogP contribution in [-0.2, 0) is 19.2 Å². The first-order chi connectivity index (χ1) is 14.4.